The molecule has 0 aliphatic carbocycles. The van der Waals surface area contributed by atoms with E-state index in [4.69, 9.17) is 5.73 Å². The third kappa shape index (κ3) is 1.50. The number of rotatable bonds is 1. The normalized spacial score (nSPS) is 10.0. The number of hydrogen-bond acceptors (Lipinski definition) is 3. The molecule has 0 saturated carbocycles. The zero-order chi connectivity index (χ0) is 8.55. The average Bonchev–Trinajstić information content (AvgIpc) is 2.48. The molecule has 0 bridgehead atoms. The van der Waals surface area contributed by atoms with Crippen LogP contribution in [0.4, 0.5) is 0 Å². The van der Waals surface area contributed by atoms with Gasteiger partial charge in [0, 0.05) is 19.8 Å². The molecule has 2 rings (SSSR count). The van der Waals surface area contributed by atoms with Gasteiger partial charge in [0.15, 0.2) is 0 Å². The fourth-order valence-electron chi connectivity index (χ4n) is 1.33. The van der Waals surface area contributed by atoms with E-state index in [2.05, 4.69) is 9.97 Å². The number of aryl methyl sites for hydroxylation is 1. The van der Waals surface area contributed by atoms with Gasteiger partial charge < -0.3 is 10.3 Å². The molecule has 5 heteroatoms. The molecule has 0 fully saturated rings. The van der Waals surface area contributed by atoms with E-state index >= 15 is 0 Å². The largest absolute Gasteiger partial charge is 0.332 e. The lowest BCUT2D eigenvalue weighted by Gasteiger charge is -1.99. The number of imidazole rings is 1. The lowest BCUT2D eigenvalue weighted by molar-refractivity contribution is 0.916. The zero-order valence-electron chi connectivity index (χ0n) is 7.27. The topological polar surface area (TPSA) is 56.7 Å². The van der Waals surface area contributed by atoms with Crippen molar-refractivity contribution in [3.8, 4) is 0 Å². The number of halogens is 1. The SMILES string of the molecule is Cl.Cn1cnc2ccnc(CN)c21. The third-order valence-electron chi connectivity index (χ3n) is 1.89. The highest BCUT2D eigenvalue weighted by atomic mass is 35.5. The van der Waals surface area contributed by atoms with Crippen LogP contribution in [0.2, 0.25) is 0 Å². The highest BCUT2D eigenvalue weighted by molar-refractivity contribution is 5.85. The van der Waals surface area contributed by atoms with Gasteiger partial charge in [-0.3, -0.25) is 4.98 Å². The summed E-state index contributed by atoms with van der Waals surface area (Å²) in [6, 6.07) is 1.88. The van der Waals surface area contributed by atoms with Gasteiger partial charge in [-0.1, -0.05) is 0 Å². The molecule has 2 aromatic heterocycles. The summed E-state index contributed by atoms with van der Waals surface area (Å²) in [6.07, 6.45) is 3.50. The molecule has 0 saturated heterocycles. The minimum absolute atomic E-state index is 0. The van der Waals surface area contributed by atoms with Crippen LogP contribution >= 0.6 is 12.4 Å². The monoisotopic (exact) mass is 198 g/mol. The summed E-state index contributed by atoms with van der Waals surface area (Å²) in [5, 5.41) is 0. The van der Waals surface area contributed by atoms with E-state index in [-0.39, 0.29) is 12.4 Å². The average molecular weight is 199 g/mol. The molecule has 4 nitrogen and oxygen atoms in total. The molecule has 2 heterocycles. The van der Waals surface area contributed by atoms with Crippen molar-refractivity contribution in [1.29, 1.82) is 0 Å². The Balaban J connectivity index is 0.000000845. The molecule has 13 heavy (non-hydrogen) atoms. The molecule has 2 aromatic rings. The van der Waals surface area contributed by atoms with E-state index in [0.29, 0.717) is 6.54 Å². The van der Waals surface area contributed by atoms with Crippen LogP contribution in [0.25, 0.3) is 11.0 Å². The number of hydrogen-bond donors (Lipinski definition) is 1. The van der Waals surface area contributed by atoms with Gasteiger partial charge in [-0.05, 0) is 6.07 Å². The Morgan fingerprint density at radius 1 is 1.46 bits per heavy atom. The molecular weight excluding hydrogens is 188 g/mol. The number of aromatic nitrogens is 3. The van der Waals surface area contributed by atoms with Gasteiger partial charge in [0.05, 0.1) is 23.1 Å². The number of pyridine rings is 1. The molecule has 0 atom stereocenters. The maximum absolute atomic E-state index is 5.54. The van der Waals surface area contributed by atoms with Crippen molar-refractivity contribution in [2.24, 2.45) is 12.8 Å². The predicted molar refractivity (Wildman–Crippen MR) is 53.6 cm³/mol. The molecule has 0 aromatic carbocycles. The van der Waals surface area contributed by atoms with Crippen molar-refractivity contribution in [3.63, 3.8) is 0 Å². The first-order valence-corrected chi connectivity index (χ1v) is 3.78. The summed E-state index contributed by atoms with van der Waals surface area (Å²) in [4.78, 5) is 8.37. The van der Waals surface area contributed by atoms with Crippen LogP contribution in [0.3, 0.4) is 0 Å². The molecule has 0 amide bonds. The van der Waals surface area contributed by atoms with Gasteiger partial charge in [-0.15, -0.1) is 12.4 Å². The van der Waals surface area contributed by atoms with Crippen molar-refractivity contribution in [2.75, 3.05) is 0 Å². The highest BCUT2D eigenvalue weighted by Gasteiger charge is 2.04. The molecule has 0 unspecified atom stereocenters. The zero-order valence-corrected chi connectivity index (χ0v) is 8.08. The molecule has 0 aliphatic heterocycles. The van der Waals surface area contributed by atoms with Crippen molar-refractivity contribution in [3.05, 3.63) is 24.3 Å². The van der Waals surface area contributed by atoms with Crippen molar-refractivity contribution in [1.82, 2.24) is 14.5 Å². The summed E-state index contributed by atoms with van der Waals surface area (Å²) in [5.41, 5.74) is 8.42. The fourth-order valence-corrected chi connectivity index (χ4v) is 1.33. The Bertz CT molecular complexity index is 409. The molecule has 0 radical (unpaired) electrons. The predicted octanol–water partition coefficient (Wildman–Crippen LogP) is 0.849. The Kier molecular flexibility index (Phi) is 2.85. The molecule has 0 aliphatic rings. The molecular formula is C8H11ClN4. The number of nitrogens with zero attached hydrogens (tertiary/aromatic N) is 3. The lowest BCUT2D eigenvalue weighted by atomic mass is 10.3. The minimum Gasteiger partial charge on any atom is -0.332 e. The van der Waals surface area contributed by atoms with Gasteiger partial charge in [-0.25, -0.2) is 4.98 Å². The highest BCUT2D eigenvalue weighted by Crippen LogP contribution is 2.13. The van der Waals surface area contributed by atoms with Crippen molar-refractivity contribution >= 4 is 23.4 Å². The van der Waals surface area contributed by atoms with E-state index in [1.165, 1.54) is 0 Å². The van der Waals surface area contributed by atoms with Crippen LogP contribution in [-0.4, -0.2) is 14.5 Å². The number of nitrogens with two attached hydrogens (primary N) is 1. The molecule has 2 N–H and O–H groups in total. The van der Waals surface area contributed by atoms with Gasteiger partial charge in [0.25, 0.3) is 0 Å². The van der Waals surface area contributed by atoms with Gasteiger partial charge >= 0.3 is 0 Å². The van der Waals surface area contributed by atoms with Crippen LogP contribution in [0.5, 0.6) is 0 Å². The Morgan fingerprint density at radius 2 is 2.23 bits per heavy atom. The second-order valence-electron chi connectivity index (χ2n) is 2.68. The Hall–Kier alpha value is -1.13. The van der Waals surface area contributed by atoms with E-state index in [9.17, 15) is 0 Å². The van der Waals surface area contributed by atoms with Gasteiger partial charge in [-0.2, -0.15) is 0 Å². The summed E-state index contributed by atoms with van der Waals surface area (Å²) in [5.74, 6) is 0. The number of fused-ring (bicyclic) bond motifs is 1. The van der Waals surface area contributed by atoms with Gasteiger partial charge in [0.1, 0.15) is 0 Å². The van der Waals surface area contributed by atoms with Crippen LogP contribution in [0.1, 0.15) is 5.69 Å². The first kappa shape index (κ1) is 9.95. The quantitative estimate of drug-likeness (QED) is 0.739. The van der Waals surface area contributed by atoms with Crippen LogP contribution < -0.4 is 5.73 Å². The summed E-state index contributed by atoms with van der Waals surface area (Å²) in [7, 11) is 1.94. The van der Waals surface area contributed by atoms with Crippen LogP contribution in [0, 0.1) is 0 Å². The maximum atomic E-state index is 5.54. The third-order valence-corrected chi connectivity index (χ3v) is 1.89. The van der Waals surface area contributed by atoms with Crippen molar-refractivity contribution in [2.45, 2.75) is 6.54 Å². The van der Waals surface area contributed by atoms with E-state index in [0.717, 1.165) is 16.7 Å². The van der Waals surface area contributed by atoms with Crippen molar-refractivity contribution < 1.29 is 0 Å². The molecule has 70 valence electrons. The Morgan fingerprint density at radius 3 is 2.92 bits per heavy atom. The summed E-state index contributed by atoms with van der Waals surface area (Å²) in [6.45, 7) is 0.455. The van der Waals surface area contributed by atoms with E-state index in [1.807, 2.05) is 17.7 Å². The second kappa shape index (κ2) is 3.72. The fraction of sp³-hybridized carbons (Fsp3) is 0.250. The summed E-state index contributed by atoms with van der Waals surface area (Å²) < 4.78 is 1.94. The van der Waals surface area contributed by atoms with E-state index in [1.54, 1.807) is 12.5 Å². The standard InChI is InChI=1S/C8H10N4.ClH/c1-12-5-11-6-2-3-10-7(4-9)8(6)12;/h2-3,5H,4,9H2,1H3;1H. The van der Waals surface area contributed by atoms with Gasteiger partial charge in [0.2, 0.25) is 0 Å². The van der Waals surface area contributed by atoms with Crippen LogP contribution in [0.15, 0.2) is 18.6 Å². The maximum Gasteiger partial charge on any atom is 0.0956 e. The second-order valence-corrected chi connectivity index (χ2v) is 2.68. The Labute approximate surface area is 82.2 Å². The first-order chi connectivity index (χ1) is 5.83. The first-order valence-electron chi connectivity index (χ1n) is 3.78. The minimum atomic E-state index is 0. The molecule has 0 spiro atoms. The van der Waals surface area contributed by atoms with Crippen LogP contribution in [-0.2, 0) is 13.6 Å². The lowest BCUT2D eigenvalue weighted by Crippen LogP contribution is -2.02. The smallest absolute Gasteiger partial charge is 0.0956 e. The summed E-state index contributed by atoms with van der Waals surface area (Å²) >= 11 is 0. The van der Waals surface area contributed by atoms with E-state index < -0.39 is 0 Å².